The molecule has 7 nitrogen and oxygen atoms in total. The largest absolute Gasteiger partial charge is 0.446 e. The number of amides is 3. The molecule has 35 heavy (non-hydrogen) atoms. The minimum atomic E-state index is -5.05. The maximum absolute atomic E-state index is 13.1. The van der Waals surface area contributed by atoms with Crippen molar-refractivity contribution in [1.29, 1.82) is 0 Å². The van der Waals surface area contributed by atoms with Gasteiger partial charge in [0.25, 0.3) is 5.91 Å². The van der Waals surface area contributed by atoms with E-state index in [0.29, 0.717) is 18.7 Å². The van der Waals surface area contributed by atoms with Crippen molar-refractivity contribution in [1.82, 2.24) is 15.2 Å². The number of nitrogens with zero attached hydrogens (tertiary/aromatic N) is 2. The monoisotopic (exact) mass is 508 g/mol. The van der Waals surface area contributed by atoms with Crippen molar-refractivity contribution in [3.8, 4) is 0 Å². The molecule has 2 aromatic rings. The number of carbonyl (C=O) groups excluding carboxylic acids is 2. The molecule has 1 heterocycles. The molecule has 0 fully saturated rings. The van der Waals surface area contributed by atoms with E-state index in [2.05, 4.69) is 15.6 Å². The molecule has 0 aliphatic carbocycles. The molecule has 0 unspecified atom stereocenters. The number of carbonyl (C=O) groups is 2. The van der Waals surface area contributed by atoms with Gasteiger partial charge in [-0.25, -0.2) is 9.78 Å². The van der Waals surface area contributed by atoms with E-state index in [0.717, 1.165) is 11.2 Å². The lowest BCUT2D eigenvalue weighted by Crippen LogP contribution is -2.37. The zero-order chi connectivity index (χ0) is 26.6. The molecule has 194 valence electrons. The zero-order valence-electron chi connectivity index (χ0n) is 19.5. The number of halogens is 6. The molecular formula is C22H26F6N4O3. The highest BCUT2D eigenvalue weighted by atomic mass is 19.4. The number of aromatic nitrogens is 1. The Kier molecular flexibility index (Phi) is 8.79. The number of oxazole rings is 1. The molecule has 1 aromatic heterocycles. The highest BCUT2D eigenvalue weighted by molar-refractivity contribution is 5.92. The van der Waals surface area contributed by atoms with Crippen molar-refractivity contribution in [2.45, 2.75) is 46.6 Å². The van der Waals surface area contributed by atoms with Crippen LogP contribution in [0.1, 0.15) is 55.2 Å². The molecule has 0 spiro atoms. The van der Waals surface area contributed by atoms with E-state index < -0.39 is 41.1 Å². The molecule has 3 amide bonds. The Morgan fingerprint density at radius 3 is 2.03 bits per heavy atom. The predicted octanol–water partition coefficient (Wildman–Crippen LogP) is 5.79. The number of alkyl halides is 6. The van der Waals surface area contributed by atoms with Gasteiger partial charge in [0.05, 0.1) is 17.7 Å². The molecule has 2 rings (SSSR count). The van der Waals surface area contributed by atoms with Crippen LogP contribution in [0.15, 0.2) is 28.9 Å². The first-order chi connectivity index (χ1) is 16.1. The van der Waals surface area contributed by atoms with Crippen molar-refractivity contribution in [2.75, 3.05) is 18.4 Å². The summed E-state index contributed by atoms with van der Waals surface area (Å²) in [7, 11) is 0. The summed E-state index contributed by atoms with van der Waals surface area (Å²) in [5, 5.41) is 4.74. The fraction of sp³-hybridized carbons (Fsp3) is 0.500. The molecule has 0 saturated carbocycles. The number of rotatable bonds is 8. The lowest BCUT2D eigenvalue weighted by Gasteiger charge is -2.24. The Bertz CT molecular complexity index is 999. The summed E-state index contributed by atoms with van der Waals surface area (Å²) in [6.07, 6.45) is -9.01. The fourth-order valence-electron chi connectivity index (χ4n) is 2.93. The molecular weight excluding hydrogens is 482 g/mol. The van der Waals surface area contributed by atoms with Gasteiger partial charge in [0.2, 0.25) is 5.89 Å². The summed E-state index contributed by atoms with van der Waals surface area (Å²) < 4.78 is 83.9. The molecule has 1 aromatic carbocycles. The van der Waals surface area contributed by atoms with Crippen LogP contribution in [0, 0.1) is 11.8 Å². The van der Waals surface area contributed by atoms with E-state index in [4.69, 9.17) is 4.42 Å². The zero-order valence-corrected chi connectivity index (χ0v) is 19.5. The van der Waals surface area contributed by atoms with Gasteiger partial charge in [-0.1, -0.05) is 27.7 Å². The van der Waals surface area contributed by atoms with Gasteiger partial charge in [0.1, 0.15) is 6.26 Å². The van der Waals surface area contributed by atoms with Crippen LogP contribution in [-0.4, -0.2) is 34.9 Å². The average molecular weight is 508 g/mol. The number of hydrogen-bond acceptors (Lipinski definition) is 4. The molecule has 13 heteroatoms. The molecule has 0 aliphatic rings. The maximum atomic E-state index is 13.1. The highest BCUT2D eigenvalue weighted by Crippen LogP contribution is 2.37. The summed E-state index contributed by atoms with van der Waals surface area (Å²) in [4.78, 5) is 30.0. The molecule has 0 radical (unpaired) electrons. The highest BCUT2D eigenvalue weighted by Gasteiger charge is 2.37. The van der Waals surface area contributed by atoms with Gasteiger partial charge in [-0.05, 0) is 30.0 Å². The van der Waals surface area contributed by atoms with Gasteiger partial charge < -0.3 is 20.0 Å². The van der Waals surface area contributed by atoms with Gasteiger partial charge in [-0.15, -0.1) is 0 Å². The van der Waals surface area contributed by atoms with E-state index in [-0.39, 0.29) is 42.6 Å². The normalized spacial score (nSPS) is 12.2. The van der Waals surface area contributed by atoms with Gasteiger partial charge in [0, 0.05) is 18.8 Å². The van der Waals surface area contributed by atoms with E-state index in [1.54, 1.807) is 13.8 Å². The van der Waals surface area contributed by atoms with E-state index in [1.807, 2.05) is 13.8 Å². The Balaban J connectivity index is 2.25. The SMILES string of the molecule is CC(C)CNC(=O)c1coc(CN(CC(C)C)C(=O)Nc2cc(C(F)(F)F)cc(C(F)(F)F)c2)n1. The van der Waals surface area contributed by atoms with Gasteiger partial charge in [-0.2, -0.15) is 26.3 Å². The number of urea groups is 1. The van der Waals surface area contributed by atoms with Crippen LogP contribution in [0.3, 0.4) is 0 Å². The first-order valence-corrected chi connectivity index (χ1v) is 10.6. The van der Waals surface area contributed by atoms with E-state index >= 15 is 0 Å². The lowest BCUT2D eigenvalue weighted by molar-refractivity contribution is -0.143. The predicted molar refractivity (Wildman–Crippen MR) is 114 cm³/mol. The van der Waals surface area contributed by atoms with Crippen LogP contribution in [0.4, 0.5) is 36.8 Å². The minimum Gasteiger partial charge on any atom is -0.446 e. The van der Waals surface area contributed by atoms with Crippen molar-refractivity contribution < 1.29 is 40.3 Å². The van der Waals surface area contributed by atoms with Crippen LogP contribution >= 0.6 is 0 Å². The summed E-state index contributed by atoms with van der Waals surface area (Å²) in [6.45, 7) is 7.53. The van der Waals surface area contributed by atoms with Crippen LogP contribution in [0.2, 0.25) is 0 Å². The standard InChI is InChI=1S/C22H26F6N4O3/c1-12(2)8-29-19(33)17-11-35-18(31-17)10-32(9-13(3)4)20(34)30-16-6-14(21(23,24)25)5-15(7-16)22(26,27)28/h5-7,11-13H,8-10H2,1-4H3,(H,29,33)(H,30,34). The summed E-state index contributed by atoms with van der Waals surface area (Å²) in [5.41, 5.74) is -3.81. The summed E-state index contributed by atoms with van der Waals surface area (Å²) in [6, 6.07) is -0.151. The van der Waals surface area contributed by atoms with Crippen molar-refractivity contribution >= 4 is 17.6 Å². The lowest BCUT2D eigenvalue weighted by atomic mass is 10.1. The third kappa shape index (κ3) is 8.48. The van der Waals surface area contributed by atoms with Crippen LogP contribution in [0.5, 0.6) is 0 Å². The minimum absolute atomic E-state index is 0.0276. The third-order valence-electron chi connectivity index (χ3n) is 4.49. The first-order valence-electron chi connectivity index (χ1n) is 10.6. The fourth-order valence-corrected chi connectivity index (χ4v) is 2.93. The smallest absolute Gasteiger partial charge is 0.416 e. The van der Waals surface area contributed by atoms with Gasteiger partial charge in [-0.3, -0.25) is 4.79 Å². The second-order valence-electron chi connectivity index (χ2n) is 8.73. The summed E-state index contributed by atoms with van der Waals surface area (Å²) >= 11 is 0. The Labute approximate surface area is 197 Å². The summed E-state index contributed by atoms with van der Waals surface area (Å²) in [5.74, 6) is -0.436. The molecule has 0 saturated heterocycles. The third-order valence-corrected chi connectivity index (χ3v) is 4.49. The first kappa shape index (κ1) is 28.0. The quantitative estimate of drug-likeness (QED) is 0.442. The molecule has 0 bridgehead atoms. The van der Waals surface area contributed by atoms with Crippen molar-refractivity contribution in [3.63, 3.8) is 0 Å². The second-order valence-corrected chi connectivity index (χ2v) is 8.73. The van der Waals surface area contributed by atoms with Crippen LogP contribution in [-0.2, 0) is 18.9 Å². The Morgan fingerprint density at radius 2 is 1.54 bits per heavy atom. The Morgan fingerprint density at radius 1 is 0.971 bits per heavy atom. The number of benzene rings is 1. The average Bonchev–Trinajstić information content (AvgIpc) is 3.18. The molecule has 2 N–H and O–H groups in total. The van der Waals surface area contributed by atoms with Crippen molar-refractivity contribution in [3.05, 3.63) is 47.2 Å². The second kappa shape index (κ2) is 11.0. The molecule has 0 aliphatic heterocycles. The Hall–Kier alpha value is -3.25. The van der Waals surface area contributed by atoms with Gasteiger partial charge in [0.15, 0.2) is 5.69 Å². The topological polar surface area (TPSA) is 87.5 Å². The van der Waals surface area contributed by atoms with Crippen LogP contribution < -0.4 is 10.6 Å². The molecule has 0 atom stereocenters. The van der Waals surface area contributed by atoms with Crippen molar-refractivity contribution in [2.24, 2.45) is 11.8 Å². The number of hydrogen-bond donors (Lipinski definition) is 2. The maximum Gasteiger partial charge on any atom is 0.416 e. The van der Waals surface area contributed by atoms with Gasteiger partial charge >= 0.3 is 18.4 Å². The van der Waals surface area contributed by atoms with Crippen LogP contribution in [0.25, 0.3) is 0 Å². The van der Waals surface area contributed by atoms with E-state index in [1.165, 1.54) is 0 Å². The van der Waals surface area contributed by atoms with E-state index in [9.17, 15) is 35.9 Å². The number of anilines is 1. The number of nitrogens with one attached hydrogen (secondary N) is 2.